The average molecular weight is 597 g/mol. The lowest BCUT2D eigenvalue weighted by Crippen LogP contribution is -2.51. The fraction of sp³-hybridized carbons (Fsp3) is 0.265. The smallest absolute Gasteiger partial charge is 0.273 e. The van der Waals surface area contributed by atoms with Gasteiger partial charge in [0.1, 0.15) is 0 Å². The molecule has 6 amide bonds. The number of amides is 6. The van der Waals surface area contributed by atoms with Gasteiger partial charge in [-0.3, -0.25) is 29.4 Å². The van der Waals surface area contributed by atoms with E-state index in [1.54, 1.807) is 36.4 Å². The molecule has 0 bridgehead atoms. The van der Waals surface area contributed by atoms with Gasteiger partial charge in [0.15, 0.2) is 0 Å². The maximum absolute atomic E-state index is 13.7. The standard InChI is InChI=1S/C34H36N4O6/c1-24(2)21-29(30(39)35-38-33(42)32(41)37(34(38)43)22-26-15-8-4-9-16-26)28(20-12-19-25-13-6-3-7-14-25)31(40)36-44-23-27-17-10-5-11-18-27/h3-19,24,28-29H,20-23H2,1-2H3,(H,35,39)(H,36,40)/t28-,29+/m0/s1. The number of carbonyl (C=O) groups excluding carboxylic acids is 5. The molecule has 0 radical (unpaired) electrons. The first-order valence-electron chi connectivity index (χ1n) is 14.5. The zero-order valence-electron chi connectivity index (χ0n) is 24.7. The second-order valence-electron chi connectivity index (χ2n) is 10.9. The van der Waals surface area contributed by atoms with Crippen molar-refractivity contribution in [2.24, 2.45) is 17.8 Å². The van der Waals surface area contributed by atoms with Gasteiger partial charge in [-0.05, 0) is 35.4 Å². The molecule has 44 heavy (non-hydrogen) atoms. The van der Waals surface area contributed by atoms with E-state index in [1.807, 2.05) is 80.6 Å². The van der Waals surface area contributed by atoms with E-state index in [9.17, 15) is 24.0 Å². The summed E-state index contributed by atoms with van der Waals surface area (Å²) >= 11 is 0. The highest BCUT2D eigenvalue weighted by atomic mass is 16.6. The summed E-state index contributed by atoms with van der Waals surface area (Å²) < 4.78 is 0. The fourth-order valence-electron chi connectivity index (χ4n) is 4.87. The second kappa shape index (κ2) is 15.4. The highest BCUT2D eigenvalue weighted by Crippen LogP contribution is 2.26. The number of imide groups is 2. The Morgan fingerprint density at radius 3 is 1.98 bits per heavy atom. The minimum absolute atomic E-state index is 0.0226. The van der Waals surface area contributed by atoms with Crippen molar-refractivity contribution in [1.29, 1.82) is 0 Å². The molecule has 228 valence electrons. The van der Waals surface area contributed by atoms with E-state index in [0.717, 1.165) is 16.0 Å². The van der Waals surface area contributed by atoms with Crippen LogP contribution in [0, 0.1) is 17.8 Å². The fourth-order valence-corrected chi connectivity index (χ4v) is 4.87. The molecular weight excluding hydrogens is 560 g/mol. The quantitative estimate of drug-likeness (QED) is 0.159. The van der Waals surface area contributed by atoms with Gasteiger partial charge >= 0.3 is 17.8 Å². The minimum Gasteiger partial charge on any atom is -0.273 e. The third-order valence-electron chi connectivity index (χ3n) is 7.10. The SMILES string of the molecule is CC(C)C[C@@H](C(=O)NN1C(=O)C(=O)N(Cc2ccccc2)C1=O)[C@H](CC=Cc1ccccc1)C(=O)NOCc1ccccc1. The van der Waals surface area contributed by atoms with Crippen LogP contribution in [0.1, 0.15) is 43.4 Å². The number of carbonyl (C=O) groups is 5. The third kappa shape index (κ3) is 8.48. The Balaban J connectivity index is 1.52. The Labute approximate surface area is 256 Å². The van der Waals surface area contributed by atoms with Crippen LogP contribution in [0.15, 0.2) is 97.1 Å². The number of urea groups is 1. The van der Waals surface area contributed by atoms with Crippen LogP contribution in [-0.4, -0.2) is 39.6 Å². The summed E-state index contributed by atoms with van der Waals surface area (Å²) in [7, 11) is 0. The zero-order chi connectivity index (χ0) is 31.5. The van der Waals surface area contributed by atoms with Gasteiger partial charge in [0.25, 0.3) is 0 Å². The molecule has 1 aliphatic rings. The van der Waals surface area contributed by atoms with Crippen LogP contribution in [0.5, 0.6) is 0 Å². The molecule has 1 fully saturated rings. The van der Waals surface area contributed by atoms with Crippen molar-refractivity contribution in [1.82, 2.24) is 20.8 Å². The first-order valence-corrected chi connectivity index (χ1v) is 14.5. The van der Waals surface area contributed by atoms with E-state index in [-0.39, 0.29) is 31.9 Å². The Kier molecular flexibility index (Phi) is 11.1. The van der Waals surface area contributed by atoms with Gasteiger partial charge in [-0.2, -0.15) is 5.01 Å². The predicted octanol–water partition coefficient (Wildman–Crippen LogP) is 4.64. The summed E-state index contributed by atoms with van der Waals surface area (Å²) in [5.74, 6) is -5.38. The molecule has 10 nitrogen and oxygen atoms in total. The van der Waals surface area contributed by atoms with Gasteiger partial charge < -0.3 is 0 Å². The number of nitrogens with zero attached hydrogens (tertiary/aromatic N) is 2. The molecule has 2 N–H and O–H groups in total. The van der Waals surface area contributed by atoms with Crippen LogP contribution in [-0.2, 0) is 37.2 Å². The molecule has 3 aromatic carbocycles. The van der Waals surface area contributed by atoms with Crippen molar-refractivity contribution < 1.29 is 28.8 Å². The van der Waals surface area contributed by atoms with Crippen LogP contribution in [0.4, 0.5) is 4.79 Å². The predicted molar refractivity (Wildman–Crippen MR) is 163 cm³/mol. The van der Waals surface area contributed by atoms with Crippen molar-refractivity contribution in [3.63, 3.8) is 0 Å². The van der Waals surface area contributed by atoms with Crippen LogP contribution >= 0.6 is 0 Å². The second-order valence-corrected chi connectivity index (χ2v) is 10.9. The molecule has 2 atom stereocenters. The molecule has 0 spiro atoms. The van der Waals surface area contributed by atoms with Gasteiger partial charge in [0, 0.05) is 0 Å². The Morgan fingerprint density at radius 2 is 1.36 bits per heavy atom. The maximum atomic E-state index is 13.7. The van der Waals surface area contributed by atoms with E-state index < -0.39 is 41.5 Å². The highest BCUT2D eigenvalue weighted by molar-refractivity contribution is 6.44. The Hall–Kier alpha value is -5.09. The summed E-state index contributed by atoms with van der Waals surface area (Å²) in [4.78, 5) is 72.1. The molecule has 0 saturated carbocycles. The van der Waals surface area contributed by atoms with Gasteiger partial charge in [-0.25, -0.2) is 15.2 Å². The van der Waals surface area contributed by atoms with Crippen molar-refractivity contribution in [2.45, 2.75) is 39.8 Å². The summed E-state index contributed by atoms with van der Waals surface area (Å²) in [5.41, 5.74) is 7.23. The van der Waals surface area contributed by atoms with Gasteiger partial charge in [0.05, 0.1) is 25.0 Å². The topological polar surface area (TPSA) is 125 Å². The molecule has 1 saturated heterocycles. The summed E-state index contributed by atoms with van der Waals surface area (Å²) in [5, 5.41) is 0.432. The molecule has 1 heterocycles. The van der Waals surface area contributed by atoms with Crippen LogP contribution in [0.2, 0.25) is 0 Å². The largest absolute Gasteiger partial charge is 0.353 e. The highest BCUT2D eigenvalue weighted by Gasteiger charge is 2.47. The van der Waals surface area contributed by atoms with E-state index in [4.69, 9.17) is 4.84 Å². The first-order chi connectivity index (χ1) is 21.2. The third-order valence-corrected chi connectivity index (χ3v) is 7.10. The minimum atomic E-state index is -1.17. The average Bonchev–Trinajstić information content (AvgIpc) is 3.22. The van der Waals surface area contributed by atoms with Gasteiger partial charge in [0.2, 0.25) is 11.8 Å². The van der Waals surface area contributed by atoms with Crippen LogP contribution in [0.25, 0.3) is 6.08 Å². The lowest BCUT2D eigenvalue weighted by molar-refractivity contribution is -0.149. The lowest BCUT2D eigenvalue weighted by atomic mass is 9.82. The van der Waals surface area contributed by atoms with E-state index in [2.05, 4.69) is 10.9 Å². The van der Waals surface area contributed by atoms with Crippen LogP contribution < -0.4 is 10.9 Å². The first kappa shape index (κ1) is 31.8. The summed E-state index contributed by atoms with van der Waals surface area (Å²) in [6.45, 7) is 3.80. The molecule has 3 aromatic rings. The molecule has 10 heteroatoms. The van der Waals surface area contributed by atoms with Gasteiger partial charge in [-0.1, -0.05) is 117 Å². The number of hydroxylamine groups is 1. The molecule has 0 aromatic heterocycles. The van der Waals surface area contributed by atoms with Gasteiger partial charge in [-0.15, -0.1) is 0 Å². The monoisotopic (exact) mass is 596 g/mol. The zero-order valence-corrected chi connectivity index (χ0v) is 24.7. The van der Waals surface area contributed by atoms with E-state index in [0.29, 0.717) is 10.6 Å². The Morgan fingerprint density at radius 1 is 0.773 bits per heavy atom. The molecular formula is C34H36N4O6. The molecule has 0 unspecified atom stereocenters. The summed E-state index contributed by atoms with van der Waals surface area (Å²) in [6, 6.07) is 26.6. The van der Waals surface area contributed by atoms with E-state index >= 15 is 0 Å². The molecule has 0 aliphatic carbocycles. The van der Waals surface area contributed by atoms with Crippen molar-refractivity contribution in [3.05, 3.63) is 114 Å². The normalized spacial score (nSPS) is 14.8. The molecule has 1 aliphatic heterocycles. The number of rotatable bonds is 14. The van der Waals surface area contributed by atoms with Crippen molar-refractivity contribution in [2.75, 3.05) is 0 Å². The maximum Gasteiger partial charge on any atom is 0.353 e. The van der Waals surface area contributed by atoms with E-state index in [1.165, 1.54) is 0 Å². The number of allylic oxidation sites excluding steroid dienone is 1. The number of nitrogens with one attached hydrogen (secondary N) is 2. The van der Waals surface area contributed by atoms with Crippen LogP contribution in [0.3, 0.4) is 0 Å². The van der Waals surface area contributed by atoms with Crippen molar-refractivity contribution >= 4 is 35.7 Å². The number of hydrogen-bond donors (Lipinski definition) is 2. The van der Waals surface area contributed by atoms with Crippen molar-refractivity contribution in [3.8, 4) is 0 Å². The number of hydrogen-bond acceptors (Lipinski definition) is 6. The number of benzene rings is 3. The lowest BCUT2D eigenvalue weighted by Gasteiger charge is -2.27. The number of hydrazine groups is 1. The Bertz CT molecular complexity index is 1480. The molecule has 4 rings (SSSR count). The summed E-state index contributed by atoms with van der Waals surface area (Å²) in [6.07, 6.45) is 4.08.